The summed E-state index contributed by atoms with van der Waals surface area (Å²) >= 11 is 1.09. The summed E-state index contributed by atoms with van der Waals surface area (Å²) in [5, 5.41) is 4.81. The predicted molar refractivity (Wildman–Crippen MR) is 85.7 cm³/mol. The van der Waals surface area contributed by atoms with Crippen molar-refractivity contribution in [2.75, 3.05) is 33.3 Å². The van der Waals surface area contributed by atoms with Gasteiger partial charge in [0, 0.05) is 18.5 Å². The van der Waals surface area contributed by atoms with E-state index in [-0.39, 0.29) is 4.90 Å². The first kappa shape index (κ1) is 17.4. The summed E-state index contributed by atoms with van der Waals surface area (Å²) in [5.41, 5.74) is 0. The van der Waals surface area contributed by atoms with Crippen molar-refractivity contribution in [1.29, 1.82) is 0 Å². The van der Waals surface area contributed by atoms with Crippen molar-refractivity contribution in [1.82, 2.24) is 9.62 Å². The van der Waals surface area contributed by atoms with Crippen LogP contribution >= 0.6 is 11.3 Å². The van der Waals surface area contributed by atoms with E-state index < -0.39 is 16.0 Å². The van der Waals surface area contributed by atoms with E-state index in [1.165, 1.54) is 22.9 Å². The summed E-state index contributed by atoms with van der Waals surface area (Å²) in [4.78, 5) is 11.9. The Labute approximate surface area is 135 Å². The molecule has 2 rings (SSSR count). The average molecular weight is 346 g/mol. The standard InChI is InChI=1S/C14H22N2O4S2/c1-3-15-9-11-4-6-16(7-5-11)22(18,19)12-8-13(21-10-12)14(17)20-2/h8,10-11,15H,3-7,9H2,1-2H3. The zero-order valence-corrected chi connectivity index (χ0v) is 14.5. The van der Waals surface area contributed by atoms with Gasteiger partial charge in [-0.1, -0.05) is 6.92 Å². The van der Waals surface area contributed by atoms with Gasteiger partial charge in [-0.25, -0.2) is 13.2 Å². The number of nitrogens with one attached hydrogen (secondary N) is 1. The van der Waals surface area contributed by atoms with Crippen LogP contribution in [0.1, 0.15) is 29.4 Å². The quantitative estimate of drug-likeness (QED) is 0.791. The number of carbonyl (C=O) groups excluding carboxylic acids is 1. The van der Waals surface area contributed by atoms with Crippen LogP contribution in [-0.2, 0) is 14.8 Å². The number of ether oxygens (including phenoxy) is 1. The summed E-state index contributed by atoms with van der Waals surface area (Å²) in [5.74, 6) is 0.0234. The lowest BCUT2D eigenvalue weighted by molar-refractivity contribution is 0.0606. The normalized spacial score (nSPS) is 17.5. The lowest BCUT2D eigenvalue weighted by atomic mass is 9.98. The first-order chi connectivity index (χ1) is 10.5. The van der Waals surface area contributed by atoms with E-state index in [0.29, 0.717) is 23.9 Å². The molecule has 1 N–H and O–H groups in total. The maximum Gasteiger partial charge on any atom is 0.348 e. The molecule has 1 aliphatic heterocycles. The number of carbonyl (C=O) groups is 1. The van der Waals surface area contributed by atoms with Crippen LogP contribution in [0.15, 0.2) is 16.3 Å². The highest BCUT2D eigenvalue weighted by Gasteiger charge is 2.30. The van der Waals surface area contributed by atoms with Crippen LogP contribution in [0.2, 0.25) is 0 Å². The average Bonchev–Trinajstić information content (AvgIpc) is 3.03. The van der Waals surface area contributed by atoms with Crippen LogP contribution in [0.25, 0.3) is 0 Å². The van der Waals surface area contributed by atoms with Crippen molar-refractivity contribution in [3.63, 3.8) is 0 Å². The van der Waals surface area contributed by atoms with Crippen molar-refractivity contribution in [3.8, 4) is 0 Å². The predicted octanol–water partition coefficient (Wildman–Crippen LogP) is 1.54. The summed E-state index contributed by atoms with van der Waals surface area (Å²) in [6.45, 7) is 5.00. The fourth-order valence-corrected chi connectivity index (χ4v) is 5.16. The lowest BCUT2D eigenvalue weighted by Crippen LogP contribution is -2.40. The van der Waals surface area contributed by atoms with Gasteiger partial charge < -0.3 is 10.1 Å². The Kier molecular flexibility index (Phi) is 5.96. The van der Waals surface area contributed by atoms with Gasteiger partial charge >= 0.3 is 5.97 Å². The molecule has 124 valence electrons. The third-order valence-electron chi connectivity index (χ3n) is 3.86. The molecule has 0 amide bonds. The van der Waals surface area contributed by atoms with E-state index in [2.05, 4.69) is 17.0 Å². The molecule has 8 heteroatoms. The molecule has 1 fully saturated rings. The summed E-state index contributed by atoms with van der Waals surface area (Å²) in [6, 6.07) is 1.40. The first-order valence-corrected chi connectivity index (χ1v) is 9.68. The number of esters is 1. The minimum absolute atomic E-state index is 0.183. The zero-order valence-electron chi connectivity index (χ0n) is 12.9. The summed E-state index contributed by atoms with van der Waals surface area (Å²) < 4.78 is 31.3. The molecule has 1 aromatic heterocycles. The van der Waals surface area contributed by atoms with E-state index in [4.69, 9.17) is 0 Å². The van der Waals surface area contributed by atoms with Crippen LogP contribution in [0.3, 0.4) is 0 Å². The maximum atomic E-state index is 12.6. The van der Waals surface area contributed by atoms with Gasteiger partial charge in [-0.3, -0.25) is 0 Å². The Hall–Kier alpha value is -0.960. The fourth-order valence-electron chi connectivity index (χ4n) is 2.51. The molecule has 0 spiro atoms. The molecule has 1 aromatic rings. The third kappa shape index (κ3) is 3.87. The Morgan fingerprint density at radius 2 is 2.14 bits per heavy atom. The molecular weight excluding hydrogens is 324 g/mol. The molecule has 22 heavy (non-hydrogen) atoms. The fraction of sp³-hybridized carbons (Fsp3) is 0.643. The molecule has 6 nitrogen and oxygen atoms in total. The van der Waals surface area contributed by atoms with Crippen LogP contribution in [0, 0.1) is 5.92 Å². The van der Waals surface area contributed by atoms with Crippen LogP contribution in [0.5, 0.6) is 0 Å². The van der Waals surface area contributed by atoms with Crippen molar-refractivity contribution in [2.24, 2.45) is 5.92 Å². The Morgan fingerprint density at radius 1 is 1.45 bits per heavy atom. The number of nitrogens with zero attached hydrogens (tertiary/aromatic N) is 1. The minimum Gasteiger partial charge on any atom is -0.465 e. The summed E-state index contributed by atoms with van der Waals surface area (Å²) in [6.07, 6.45) is 1.72. The van der Waals surface area contributed by atoms with Crippen molar-refractivity contribution in [3.05, 3.63) is 16.3 Å². The molecule has 1 saturated heterocycles. The highest BCUT2D eigenvalue weighted by Crippen LogP contribution is 2.27. The number of hydrogen-bond donors (Lipinski definition) is 1. The van der Waals surface area contributed by atoms with E-state index >= 15 is 0 Å². The van der Waals surface area contributed by atoms with Crippen molar-refractivity contribution >= 4 is 27.3 Å². The van der Waals surface area contributed by atoms with Gasteiger partial charge in [0.2, 0.25) is 10.0 Å². The first-order valence-electron chi connectivity index (χ1n) is 7.36. The maximum absolute atomic E-state index is 12.6. The second-order valence-corrected chi connectivity index (χ2v) is 8.14. The Balaban J connectivity index is 2.02. The largest absolute Gasteiger partial charge is 0.465 e. The summed E-state index contributed by atoms with van der Waals surface area (Å²) in [7, 11) is -2.23. The van der Waals surface area contributed by atoms with E-state index in [1.807, 2.05) is 0 Å². The molecule has 0 unspecified atom stereocenters. The molecule has 0 aromatic carbocycles. The SMILES string of the molecule is CCNCC1CCN(S(=O)(=O)c2csc(C(=O)OC)c2)CC1. The van der Waals surface area contributed by atoms with Gasteiger partial charge in [-0.15, -0.1) is 11.3 Å². The third-order valence-corrected chi connectivity index (χ3v) is 6.79. The molecular formula is C14H22N2O4S2. The molecule has 1 aliphatic rings. The molecule has 0 radical (unpaired) electrons. The molecule has 0 atom stereocenters. The molecule has 0 saturated carbocycles. The van der Waals surface area contributed by atoms with Crippen molar-refractivity contribution in [2.45, 2.75) is 24.7 Å². The monoisotopic (exact) mass is 346 g/mol. The van der Waals surface area contributed by atoms with Crippen LogP contribution in [-0.4, -0.2) is 52.0 Å². The van der Waals surface area contributed by atoms with Gasteiger partial charge in [0.25, 0.3) is 0 Å². The van der Waals surface area contributed by atoms with Crippen LogP contribution in [0.4, 0.5) is 0 Å². The number of hydrogen-bond acceptors (Lipinski definition) is 6. The minimum atomic E-state index is -3.51. The number of sulfonamides is 1. The van der Waals surface area contributed by atoms with Crippen molar-refractivity contribution < 1.29 is 17.9 Å². The molecule has 2 heterocycles. The second kappa shape index (κ2) is 7.54. The lowest BCUT2D eigenvalue weighted by Gasteiger charge is -2.31. The Morgan fingerprint density at radius 3 is 2.73 bits per heavy atom. The highest BCUT2D eigenvalue weighted by molar-refractivity contribution is 7.89. The highest BCUT2D eigenvalue weighted by atomic mass is 32.2. The Bertz CT molecular complexity index is 604. The molecule has 0 aliphatic carbocycles. The number of rotatable bonds is 6. The number of thiophene rings is 1. The van der Waals surface area contributed by atoms with Gasteiger partial charge in [0.05, 0.1) is 12.0 Å². The zero-order chi connectivity index (χ0) is 16.2. The van der Waals surface area contributed by atoms with Gasteiger partial charge in [-0.05, 0) is 37.9 Å². The van der Waals surface area contributed by atoms with Crippen LogP contribution < -0.4 is 5.32 Å². The van der Waals surface area contributed by atoms with Gasteiger partial charge in [0.15, 0.2) is 0 Å². The second-order valence-electron chi connectivity index (χ2n) is 5.29. The topological polar surface area (TPSA) is 75.7 Å². The van der Waals surface area contributed by atoms with Gasteiger partial charge in [0.1, 0.15) is 4.88 Å². The van der Waals surface area contributed by atoms with E-state index in [1.54, 1.807) is 0 Å². The molecule has 0 bridgehead atoms. The van der Waals surface area contributed by atoms with E-state index in [0.717, 1.165) is 37.3 Å². The van der Waals surface area contributed by atoms with E-state index in [9.17, 15) is 13.2 Å². The number of methoxy groups -OCH3 is 1. The smallest absolute Gasteiger partial charge is 0.348 e. The number of piperidine rings is 1. The van der Waals surface area contributed by atoms with Gasteiger partial charge in [-0.2, -0.15) is 4.31 Å².